The molecule has 0 N–H and O–H groups in total. The van der Waals surface area contributed by atoms with Crippen LogP contribution in [0.1, 0.15) is 36.0 Å². The lowest BCUT2D eigenvalue weighted by Gasteiger charge is -2.37. The first kappa shape index (κ1) is 17.1. The average Bonchev–Trinajstić information content (AvgIpc) is 2.80. The fraction of sp³-hybridized carbons (Fsp3) is 0.231. The van der Waals surface area contributed by atoms with E-state index in [1.807, 2.05) is 12.1 Å². The predicted molar refractivity (Wildman–Crippen MR) is 116 cm³/mol. The van der Waals surface area contributed by atoms with E-state index in [0.717, 1.165) is 35.5 Å². The lowest BCUT2D eigenvalue weighted by atomic mass is 9.83. The van der Waals surface area contributed by atoms with Crippen LogP contribution in [0.25, 0.3) is 6.08 Å². The number of benzene rings is 3. The molecular formula is C26H25NO. The third kappa shape index (κ3) is 2.99. The summed E-state index contributed by atoms with van der Waals surface area (Å²) in [5.41, 5.74) is 4.15. The van der Waals surface area contributed by atoms with Crippen molar-refractivity contribution in [1.29, 1.82) is 0 Å². The van der Waals surface area contributed by atoms with E-state index >= 15 is 0 Å². The van der Waals surface area contributed by atoms with Crippen molar-refractivity contribution in [2.45, 2.75) is 24.9 Å². The molecule has 0 unspecified atom stereocenters. The smallest absolute Gasteiger partial charge is 0.178 e. The molecule has 140 valence electrons. The van der Waals surface area contributed by atoms with Crippen LogP contribution >= 0.6 is 0 Å². The summed E-state index contributed by atoms with van der Waals surface area (Å²) in [7, 11) is 0. The molecule has 2 aliphatic rings. The van der Waals surface area contributed by atoms with Gasteiger partial charge in [-0.15, -0.1) is 0 Å². The standard InChI is InChI=1S/C26H25NO/c1-4-10-22(11-5-1)26(23-12-6-2-7-13-23)17-16-21-20-24(14-15-25(21)28-26)27-18-8-3-9-19-27/h1-2,4-7,10-17,20H,3,8-9,18-19H2. The van der Waals surface area contributed by atoms with E-state index in [2.05, 4.69) is 83.8 Å². The Morgan fingerprint density at radius 1 is 0.714 bits per heavy atom. The van der Waals surface area contributed by atoms with Gasteiger partial charge in [0.15, 0.2) is 5.60 Å². The maximum Gasteiger partial charge on any atom is 0.178 e. The van der Waals surface area contributed by atoms with Gasteiger partial charge >= 0.3 is 0 Å². The molecule has 2 nitrogen and oxygen atoms in total. The third-order valence-electron chi connectivity index (χ3n) is 5.89. The predicted octanol–water partition coefficient (Wildman–Crippen LogP) is 6.03. The third-order valence-corrected chi connectivity index (χ3v) is 5.89. The second-order valence-corrected chi connectivity index (χ2v) is 7.67. The van der Waals surface area contributed by atoms with Gasteiger partial charge in [0, 0.05) is 35.5 Å². The van der Waals surface area contributed by atoms with E-state index in [9.17, 15) is 0 Å². The highest BCUT2D eigenvalue weighted by Crippen LogP contribution is 2.43. The van der Waals surface area contributed by atoms with Crippen LogP contribution in [0.2, 0.25) is 0 Å². The first-order valence-electron chi connectivity index (χ1n) is 10.2. The van der Waals surface area contributed by atoms with E-state index in [0.29, 0.717) is 0 Å². The number of anilines is 1. The van der Waals surface area contributed by atoms with Crippen LogP contribution in [-0.4, -0.2) is 13.1 Å². The zero-order valence-electron chi connectivity index (χ0n) is 16.1. The molecule has 3 aromatic rings. The molecule has 2 heterocycles. The lowest BCUT2D eigenvalue weighted by molar-refractivity contribution is 0.161. The fourth-order valence-electron chi connectivity index (χ4n) is 4.37. The lowest BCUT2D eigenvalue weighted by Crippen LogP contribution is -2.34. The van der Waals surface area contributed by atoms with Crippen molar-refractivity contribution in [2.75, 3.05) is 18.0 Å². The van der Waals surface area contributed by atoms with Gasteiger partial charge in [-0.1, -0.05) is 66.7 Å². The highest BCUT2D eigenvalue weighted by molar-refractivity contribution is 5.69. The van der Waals surface area contributed by atoms with Crippen molar-refractivity contribution in [3.63, 3.8) is 0 Å². The maximum absolute atomic E-state index is 6.73. The Morgan fingerprint density at radius 2 is 1.36 bits per heavy atom. The number of hydrogen-bond acceptors (Lipinski definition) is 2. The summed E-state index contributed by atoms with van der Waals surface area (Å²) in [6.45, 7) is 2.31. The maximum atomic E-state index is 6.73. The summed E-state index contributed by atoms with van der Waals surface area (Å²) in [6.07, 6.45) is 8.36. The van der Waals surface area contributed by atoms with Gasteiger partial charge in [0.25, 0.3) is 0 Å². The Kier molecular flexibility index (Phi) is 4.40. The van der Waals surface area contributed by atoms with Gasteiger partial charge < -0.3 is 9.64 Å². The molecule has 1 saturated heterocycles. The Bertz CT molecular complexity index is 932. The Hall–Kier alpha value is -3.00. The normalized spacial score (nSPS) is 17.6. The summed E-state index contributed by atoms with van der Waals surface area (Å²) in [5, 5.41) is 0. The highest BCUT2D eigenvalue weighted by Gasteiger charge is 2.36. The van der Waals surface area contributed by atoms with E-state index in [-0.39, 0.29) is 0 Å². The summed E-state index contributed by atoms with van der Waals surface area (Å²) in [4.78, 5) is 2.49. The molecule has 0 atom stereocenters. The van der Waals surface area contributed by atoms with Crippen molar-refractivity contribution >= 4 is 11.8 Å². The molecule has 0 amide bonds. The van der Waals surface area contributed by atoms with Crippen molar-refractivity contribution in [1.82, 2.24) is 0 Å². The van der Waals surface area contributed by atoms with Crippen LogP contribution in [-0.2, 0) is 5.60 Å². The summed E-state index contributed by atoms with van der Waals surface area (Å²) in [5.74, 6) is 0.941. The molecule has 3 aromatic carbocycles. The van der Waals surface area contributed by atoms with Crippen LogP contribution in [0.4, 0.5) is 5.69 Å². The van der Waals surface area contributed by atoms with Crippen molar-refractivity contribution in [3.05, 3.63) is 102 Å². The quantitative estimate of drug-likeness (QED) is 0.561. The molecule has 1 fully saturated rings. The van der Waals surface area contributed by atoms with Gasteiger partial charge in [-0.05, 0) is 43.5 Å². The molecule has 2 heteroatoms. The summed E-state index contributed by atoms with van der Waals surface area (Å²) in [6, 6.07) is 27.6. The van der Waals surface area contributed by atoms with Gasteiger partial charge in [0.1, 0.15) is 5.75 Å². The van der Waals surface area contributed by atoms with E-state index in [4.69, 9.17) is 4.74 Å². The first-order chi connectivity index (χ1) is 13.9. The van der Waals surface area contributed by atoms with Crippen LogP contribution in [0.3, 0.4) is 0 Å². The topological polar surface area (TPSA) is 12.5 Å². The van der Waals surface area contributed by atoms with Gasteiger partial charge in [-0.3, -0.25) is 0 Å². The molecule has 0 saturated carbocycles. The molecule has 2 aliphatic heterocycles. The van der Waals surface area contributed by atoms with E-state index in [1.54, 1.807) is 0 Å². The second kappa shape index (κ2) is 7.20. The van der Waals surface area contributed by atoms with Crippen molar-refractivity contribution in [2.24, 2.45) is 0 Å². The van der Waals surface area contributed by atoms with Gasteiger partial charge in [0.05, 0.1) is 0 Å². The van der Waals surface area contributed by atoms with Crippen LogP contribution in [0.5, 0.6) is 5.75 Å². The van der Waals surface area contributed by atoms with E-state index < -0.39 is 5.60 Å². The SMILES string of the molecule is C1=CC(c2ccccc2)(c2ccccc2)Oc2ccc(N3CCCCC3)cc21. The minimum Gasteiger partial charge on any atom is -0.473 e. The zero-order valence-corrected chi connectivity index (χ0v) is 16.1. The molecule has 0 aromatic heterocycles. The van der Waals surface area contributed by atoms with Crippen LogP contribution in [0, 0.1) is 0 Å². The van der Waals surface area contributed by atoms with Crippen molar-refractivity contribution < 1.29 is 4.74 Å². The first-order valence-corrected chi connectivity index (χ1v) is 10.2. The molecule has 0 bridgehead atoms. The van der Waals surface area contributed by atoms with Crippen LogP contribution < -0.4 is 9.64 Å². The average molecular weight is 367 g/mol. The molecule has 5 rings (SSSR count). The number of fused-ring (bicyclic) bond motifs is 1. The van der Waals surface area contributed by atoms with Crippen LogP contribution in [0.15, 0.2) is 84.9 Å². The van der Waals surface area contributed by atoms with E-state index in [1.165, 1.54) is 24.9 Å². The molecule has 28 heavy (non-hydrogen) atoms. The second-order valence-electron chi connectivity index (χ2n) is 7.67. The Labute approximate surface area is 167 Å². The summed E-state index contributed by atoms with van der Waals surface area (Å²) < 4.78 is 6.73. The Morgan fingerprint density at radius 3 is 2.00 bits per heavy atom. The fourth-order valence-corrected chi connectivity index (χ4v) is 4.37. The zero-order chi connectivity index (χ0) is 18.8. The highest BCUT2D eigenvalue weighted by atomic mass is 16.5. The molecule has 0 spiro atoms. The van der Waals surface area contributed by atoms with Crippen molar-refractivity contribution in [3.8, 4) is 5.75 Å². The Balaban J connectivity index is 1.56. The number of ether oxygens (including phenoxy) is 1. The number of hydrogen-bond donors (Lipinski definition) is 0. The van der Waals surface area contributed by atoms with Gasteiger partial charge in [-0.2, -0.15) is 0 Å². The van der Waals surface area contributed by atoms with Gasteiger partial charge in [0.2, 0.25) is 0 Å². The molecule has 0 radical (unpaired) electrons. The molecular weight excluding hydrogens is 342 g/mol. The monoisotopic (exact) mass is 367 g/mol. The number of rotatable bonds is 3. The number of piperidine rings is 1. The minimum absolute atomic E-state index is 0.595. The largest absolute Gasteiger partial charge is 0.473 e. The summed E-state index contributed by atoms with van der Waals surface area (Å²) >= 11 is 0. The number of nitrogens with zero attached hydrogens (tertiary/aromatic N) is 1. The molecule has 0 aliphatic carbocycles. The van der Waals surface area contributed by atoms with Gasteiger partial charge in [-0.25, -0.2) is 0 Å². The minimum atomic E-state index is -0.595.